The van der Waals surface area contributed by atoms with Gasteiger partial charge in [0, 0.05) is 43.5 Å². The molecule has 2 N–H and O–H groups in total. The summed E-state index contributed by atoms with van der Waals surface area (Å²) in [6, 6.07) is 19.1. The number of anilines is 1. The second-order valence-electron chi connectivity index (χ2n) is 9.06. The van der Waals surface area contributed by atoms with Crippen molar-refractivity contribution in [3.8, 4) is 0 Å². The Kier molecular flexibility index (Phi) is 5.44. The average Bonchev–Trinajstić information content (AvgIpc) is 3.29. The van der Waals surface area contributed by atoms with E-state index >= 15 is 0 Å². The van der Waals surface area contributed by atoms with Gasteiger partial charge in [0.15, 0.2) is 5.65 Å². The van der Waals surface area contributed by atoms with E-state index in [9.17, 15) is 9.59 Å². The lowest BCUT2D eigenvalue weighted by atomic mass is 10.0. The third kappa shape index (κ3) is 4.08. The molecular weight excluding hydrogens is 454 g/mol. The molecule has 2 aromatic carbocycles. The molecular formula is C27H25N7O2. The van der Waals surface area contributed by atoms with Crippen molar-refractivity contribution in [3.05, 3.63) is 93.7 Å². The Labute approximate surface area is 206 Å². The maximum absolute atomic E-state index is 13.3. The highest BCUT2D eigenvalue weighted by Gasteiger charge is 2.23. The molecule has 36 heavy (non-hydrogen) atoms. The molecule has 9 nitrogen and oxygen atoms in total. The number of carbonyl (C=O) groups is 1. The number of H-pyrrole nitrogens is 2. The zero-order valence-corrected chi connectivity index (χ0v) is 19.9. The van der Waals surface area contributed by atoms with Gasteiger partial charge in [-0.2, -0.15) is 5.10 Å². The fraction of sp³-hybridized carbons (Fsp3) is 0.222. The average molecular weight is 480 g/mol. The molecule has 1 fully saturated rings. The number of aryl methyl sites for hydroxylation is 1. The monoisotopic (exact) mass is 479 g/mol. The van der Waals surface area contributed by atoms with Gasteiger partial charge in [-0.15, -0.1) is 0 Å². The Hall–Kier alpha value is -4.53. The molecule has 1 aliphatic rings. The zero-order valence-electron chi connectivity index (χ0n) is 19.9. The number of aromatic nitrogens is 5. The maximum atomic E-state index is 13.3. The highest BCUT2D eigenvalue weighted by molar-refractivity contribution is 5.94. The molecule has 1 saturated heterocycles. The Morgan fingerprint density at radius 2 is 1.75 bits per heavy atom. The number of imidazole rings is 1. The van der Waals surface area contributed by atoms with Crippen molar-refractivity contribution in [2.24, 2.45) is 0 Å². The van der Waals surface area contributed by atoms with Crippen molar-refractivity contribution in [1.82, 2.24) is 30.0 Å². The van der Waals surface area contributed by atoms with Gasteiger partial charge in [-0.1, -0.05) is 30.3 Å². The van der Waals surface area contributed by atoms with Gasteiger partial charge in [0.1, 0.15) is 11.6 Å². The largest absolute Gasteiger partial charge is 0.353 e. The van der Waals surface area contributed by atoms with Crippen LogP contribution in [0.3, 0.4) is 0 Å². The van der Waals surface area contributed by atoms with Crippen LogP contribution in [0.2, 0.25) is 0 Å². The zero-order chi connectivity index (χ0) is 24.6. The third-order valence-corrected chi connectivity index (χ3v) is 6.66. The number of amides is 1. The van der Waals surface area contributed by atoms with Crippen LogP contribution in [0.5, 0.6) is 0 Å². The number of benzene rings is 2. The summed E-state index contributed by atoms with van der Waals surface area (Å²) < 4.78 is 0. The van der Waals surface area contributed by atoms with E-state index in [2.05, 4.69) is 30.0 Å². The molecule has 5 aromatic rings. The van der Waals surface area contributed by atoms with E-state index in [-0.39, 0.29) is 11.5 Å². The lowest BCUT2D eigenvalue weighted by Crippen LogP contribution is -2.49. The molecule has 1 amide bonds. The molecule has 0 unspecified atom stereocenters. The number of carbonyl (C=O) groups excluding carboxylic acids is 1. The summed E-state index contributed by atoms with van der Waals surface area (Å²) in [5.41, 5.74) is 3.84. The number of hydrogen-bond donors (Lipinski definition) is 2. The van der Waals surface area contributed by atoms with Crippen molar-refractivity contribution in [2.75, 3.05) is 31.1 Å². The summed E-state index contributed by atoms with van der Waals surface area (Å²) in [5.74, 6) is 1.74. The van der Waals surface area contributed by atoms with Gasteiger partial charge in [0.2, 0.25) is 0 Å². The van der Waals surface area contributed by atoms with Crippen molar-refractivity contribution < 1.29 is 4.79 Å². The summed E-state index contributed by atoms with van der Waals surface area (Å²) in [6.45, 7) is 4.57. The minimum atomic E-state index is -0.202. The van der Waals surface area contributed by atoms with E-state index in [0.717, 1.165) is 33.8 Å². The minimum Gasteiger partial charge on any atom is -0.353 e. The second kappa shape index (κ2) is 8.92. The van der Waals surface area contributed by atoms with Gasteiger partial charge in [-0.3, -0.25) is 9.59 Å². The molecule has 6 rings (SSSR count). The molecule has 180 valence electrons. The number of nitrogens with one attached hydrogen (secondary N) is 2. The van der Waals surface area contributed by atoms with Crippen LogP contribution in [0.25, 0.3) is 21.9 Å². The van der Waals surface area contributed by atoms with Crippen LogP contribution in [0.15, 0.2) is 65.5 Å². The van der Waals surface area contributed by atoms with Gasteiger partial charge in [-0.25, -0.2) is 15.1 Å². The molecule has 4 heterocycles. The van der Waals surface area contributed by atoms with E-state index < -0.39 is 0 Å². The molecule has 0 saturated carbocycles. The summed E-state index contributed by atoms with van der Waals surface area (Å²) in [4.78, 5) is 41.8. The third-order valence-electron chi connectivity index (χ3n) is 6.66. The number of pyridine rings is 1. The molecule has 0 aliphatic carbocycles. The quantitative estimate of drug-likeness (QED) is 0.410. The first-order chi connectivity index (χ1) is 17.5. The Morgan fingerprint density at radius 1 is 0.944 bits per heavy atom. The lowest BCUT2D eigenvalue weighted by Gasteiger charge is -2.35. The number of nitrogens with zero attached hydrogens (tertiary/aromatic N) is 5. The predicted octanol–water partition coefficient (Wildman–Crippen LogP) is 3.06. The smallest absolute Gasteiger partial charge is 0.272 e. The van der Waals surface area contributed by atoms with E-state index in [1.165, 1.54) is 0 Å². The van der Waals surface area contributed by atoms with Crippen molar-refractivity contribution >= 4 is 33.7 Å². The van der Waals surface area contributed by atoms with Crippen LogP contribution in [0, 0.1) is 6.92 Å². The first kappa shape index (κ1) is 22.0. The van der Waals surface area contributed by atoms with Gasteiger partial charge < -0.3 is 14.8 Å². The van der Waals surface area contributed by atoms with Gasteiger partial charge in [0.25, 0.3) is 11.5 Å². The Morgan fingerprint density at radius 3 is 2.58 bits per heavy atom. The summed E-state index contributed by atoms with van der Waals surface area (Å²) in [6.07, 6.45) is 0.521. The Balaban J connectivity index is 1.16. The van der Waals surface area contributed by atoms with E-state index in [4.69, 9.17) is 0 Å². The molecule has 0 radical (unpaired) electrons. The standard InChI is InChI=1S/C27H25N7O2/c1-17-28-22-9-10-24(30-25(22)29-17)33-11-13-34(14-12-33)27(36)19-6-4-5-18(15-19)16-23-20-7-2-3-8-21(20)26(35)32-31-23/h2-10,15H,11-14,16H2,1H3,(H,32,35)(H,28,29,30). The fourth-order valence-electron chi connectivity index (χ4n) is 4.81. The SMILES string of the molecule is Cc1nc2nc(N3CCN(C(=O)c4cccc(Cc5n[nH]c(=O)c6ccccc56)c4)CC3)ccc2[nH]1. The van der Waals surface area contributed by atoms with Crippen molar-refractivity contribution in [3.63, 3.8) is 0 Å². The first-order valence-electron chi connectivity index (χ1n) is 12.0. The van der Waals surface area contributed by atoms with Gasteiger partial charge in [0.05, 0.1) is 16.6 Å². The normalized spacial score (nSPS) is 14.0. The summed E-state index contributed by atoms with van der Waals surface area (Å²) in [7, 11) is 0. The molecule has 0 atom stereocenters. The lowest BCUT2D eigenvalue weighted by molar-refractivity contribution is 0.0746. The second-order valence-corrected chi connectivity index (χ2v) is 9.06. The predicted molar refractivity (Wildman–Crippen MR) is 138 cm³/mol. The summed E-state index contributed by atoms with van der Waals surface area (Å²) in [5, 5.41) is 8.30. The number of rotatable bonds is 4. The summed E-state index contributed by atoms with van der Waals surface area (Å²) >= 11 is 0. The number of piperazine rings is 1. The van der Waals surface area contributed by atoms with Crippen LogP contribution >= 0.6 is 0 Å². The number of aromatic amines is 2. The van der Waals surface area contributed by atoms with Crippen LogP contribution in [-0.4, -0.2) is 62.1 Å². The molecule has 0 bridgehead atoms. The first-order valence-corrected chi connectivity index (χ1v) is 12.0. The Bertz CT molecular complexity index is 1650. The minimum absolute atomic E-state index is 0.0159. The molecule has 3 aromatic heterocycles. The van der Waals surface area contributed by atoms with Crippen LogP contribution in [0.4, 0.5) is 5.82 Å². The molecule has 9 heteroatoms. The van der Waals surface area contributed by atoms with Crippen molar-refractivity contribution in [1.29, 1.82) is 0 Å². The highest BCUT2D eigenvalue weighted by atomic mass is 16.2. The van der Waals surface area contributed by atoms with E-state index in [1.807, 2.05) is 66.4 Å². The van der Waals surface area contributed by atoms with Gasteiger partial charge in [-0.05, 0) is 42.8 Å². The van der Waals surface area contributed by atoms with Gasteiger partial charge >= 0.3 is 0 Å². The van der Waals surface area contributed by atoms with Crippen LogP contribution in [0.1, 0.15) is 27.4 Å². The van der Waals surface area contributed by atoms with E-state index in [1.54, 1.807) is 6.07 Å². The van der Waals surface area contributed by atoms with Crippen molar-refractivity contribution in [2.45, 2.75) is 13.3 Å². The highest BCUT2D eigenvalue weighted by Crippen LogP contribution is 2.20. The maximum Gasteiger partial charge on any atom is 0.272 e. The van der Waals surface area contributed by atoms with Crippen LogP contribution < -0.4 is 10.5 Å². The molecule has 0 spiro atoms. The van der Waals surface area contributed by atoms with Crippen LogP contribution in [-0.2, 0) is 6.42 Å². The number of fused-ring (bicyclic) bond motifs is 2. The van der Waals surface area contributed by atoms with E-state index in [0.29, 0.717) is 49.2 Å². The topological polar surface area (TPSA) is 111 Å². The number of hydrogen-bond acceptors (Lipinski definition) is 6. The molecule has 1 aliphatic heterocycles. The fourth-order valence-corrected chi connectivity index (χ4v) is 4.81.